The Morgan fingerprint density at radius 3 is 2.35 bits per heavy atom. The Morgan fingerprint density at radius 1 is 1.19 bits per heavy atom. The summed E-state index contributed by atoms with van der Waals surface area (Å²) in [6, 6.07) is 0.765. The molecular formula is C16H19Cl2N3O4S. The number of hydrogen-bond donors (Lipinski definition) is 3. The van der Waals surface area contributed by atoms with E-state index in [0.29, 0.717) is 41.8 Å². The van der Waals surface area contributed by atoms with Crippen LogP contribution in [0.4, 0.5) is 4.79 Å². The van der Waals surface area contributed by atoms with E-state index < -0.39 is 21.6 Å². The number of aryl methyl sites for hydroxylation is 1. The molecule has 1 aromatic carbocycles. The van der Waals surface area contributed by atoms with Crippen LogP contribution in [0.15, 0.2) is 11.0 Å². The van der Waals surface area contributed by atoms with E-state index in [9.17, 15) is 18.0 Å². The molecule has 0 unspecified atom stereocenters. The van der Waals surface area contributed by atoms with E-state index in [1.807, 2.05) is 0 Å². The summed E-state index contributed by atoms with van der Waals surface area (Å²) in [5.41, 5.74) is 0.0410. The average molecular weight is 420 g/mol. The number of urea groups is 1. The Labute approximate surface area is 161 Å². The van der Waals surface area contributed by atoms with Crippen molar-refractivity contribution in [3.05, 3.63) is 27.2 Å². The minimum absolute atomic E-state index is 0.0173. The van der Waals surface area contributed by atoms with E-state index >= 15 is 0 Å². The van der Waals surface area contributed by atoms with Crippen LogP contribution in [-0.4, -0.2) is 31.9 Å². The Balaban J connectivity index is 1.79. The maximum atomic E-state index is 12.9. The lowest BCUT2D eigenvalue weighted by Gasteiger charge is -2.34. The van der Waals surface area contributed by atoms with Crippen molar-refractivity contribution in [2.45, 2.75) is 56.0 Å². The molecule has 0 bridgehead atoms. The van der Waals surface area contributed by atoms with Crippen LogP contribution in [-0.2, 0) is 14.8 Å². The summed E-state index contributed by atoms with van der Waals surface area (Å²) in [6.45, 7) is 3.30. The van der Waals surface area contributed by atoms with Crippen molar-refractivity contribution in [1.82, 2.24) is 15.4 Å². The molecule has 2 aliphatic rings. The predicted octanol–water partition coefficient (Wildman–Crippen LogP) is 2.41. The summed E-state index contributed by atoms with van der Waals surface area (Å²) in [7, 11) is -3.88. The summed E-state index contributed by atoms with van der Waals surface area (Å²) in [6.07, 6.45) is 1.56. The minimum atomic E-state index is -3.88. The van der Waals surface area contributed by atoms with E-state index in [0.717, 1.165) is 0 Å². The highest BCUT2D eigenvalue weighted by Gasteiger charge is 2.48. The van der Waals surface area contributed by atoms with Crippen molar-refractivity contribution in [2.75, 3.05) is 0 Å². The highest BCUT2D eigenvalue weighted by Crippen LogP contribution is 2.35. The second-order valence-electron chi connectivity index (χ2n) is 6.83. The Morgan fingerprint density at radius 2 is 1.81 bits per heavy atom. The number of benzene rings is 1. The first kappa shape index (κ1) is 19.4. The molecule has 26 heavy (non-hydrogen) atoms. The van der Waals surface area contributed by atoms with Gasteiger partial charge >= 0.3 is 6.03 Å². The van der Waals surface area contributed by atoms with Gasteiger partial charge in [-0.2, -0.15) is 0 Å². The zero-order valence-electron chi connectivity index (χ0n) is 14.3. The van der Waals surface area contributed by atoms with E-state index in [1.165, 1.54) is 0 Å². The number of carbonyl (C=O) groups excluding carboxylic acids is 2. The lowest BCUT2D eigenvalue weighted by molar-refractivity contribution is -0.125. The standard InChI is InChI=1S/C16H19Cl2N3O4S/c1-8-7-11(17)9(2)13(12(8)18)26(24,25)21-10-3-5-16(6-4-10)14(22)19-15(23)20-16/h7,10,21H,3-6H2,1-2H3,(H2,19,20,22,23). The summed E-state index contributed by atoms with van der Waals surface area (Å²) in [5.74, 6) is -0.354. The molecule has 0 aromatic heterocycles. The fourth-order valence-corrected chi connectivity index (χ4v) is 6.04. The molecule has 1 saturated heterocycles. The van der Waals surface area contributed by atoms with Crippen molar-refractivity contribution < 1.29 is 18.0 Å². The normalized spacial score (nSPS) is 26.1. The van der Waals surface area contributed by atoms with Crippen molar-refractivity contribution in [3.8, 4) is 0 Å². The van der Waals surface area contributed by atoms with Crippen LogP contribution in [0.25, 0.3) is 0 Å². The molecule has 10 heteroatoms. The quantitative estimate of drug-likeness (QED) is 0.654. The number of amides is 3. The average Bonchev–Trinajstić information content (AvgIpc) is 2.81. The number of hydrogen-bond acceptors (Lipinski definition) is 4. The molecule has 1 heterocycles. The van der Waals surface area contributed by atoms with Crippen LogP contribution < -0.4 is 15.4 Å². The van der Waals surface area contributed by atoms with Gasteiger partial charge in [0.05, 0.1) is 5.02 Å². The van der Waals surface area contributed by atoms with Gasteiger partial charge in [-0.1, -0.05) is 23.2 Å². The first-order chi connectivity index (χ1) is 12.1. The third-order valence-corrected chi connectivity index (χ3v) is 7.71. The van der Waals surface area contributed by atoms with Crippen LogP contribution in [0.5, 0.6) is 0 Å². The number of rotatable bonds is 3. The third kappa shape index (κ3) is 3.31. The van der Waals surface area contributed by atoms with Crippen LogP contribution in [0.3, 0.4) is 0 Å². The van der Waals surface area contributed by atoms with Gasteiger partial charge in [0, 0.05) is 11.1 Å². The van der Waals surface area contributed by atoms with Crippen molar-refractivity contribution in [3.63, 3.8) is 0 Å². The molecule has 2 fully saturated rings. The third-order valence-electron chi connectivity index (χ3n) is 5.03. The summed E-state index contributed by atoms with van der Waals surface area (Å²) >= 11 is 12.3. The molecule has 1 spiro atoms. The fraction of sp³-hybridized carbons (Fsp3) is 0.500. The molecule has 1 aliphatic carbocycles. The highest BCUT2D eigenvalue weighted by molar-refractivity contribution is 7.89. The van der Waals surface area contributed by atoms with Gasteiger partial charge in [-0.15, -0.1) is 0 Å². The van der Waals surface area contributed by atoms with Crippen molar-refractivity contribution >= 4 is 45.2 Å². The maximum Gasteiger partial charge on any atom is 0.322 e. The van der Waals surface area contributed by atoms with Gasteiger partial charge in [0.2, 0.25) is 10.0 Å². The van der Waals surface area contributed by atoms with E-state index in [-0.39, 0.29) is 21.9 Å². The second kappa shape index (κ2) is 6.67. The smallest absolute Gasteiger partial charge is 0.322 e. The fourth-order valence-electron chi connectivity index (χ4n) is 3.52. The van der Waals surface area contributed by atoms with Gasteiger partial charge in [0.15, 0.2) is 0 Å². The molecule has 3 rings (SSSR count). The number of sulfonamides is 1. The van der Waals surface area contributed by atoms with E-state index in [2.05, 4.69) is 15.4 Å². The van der Waals surface area contributed by atoms with Crippen LogP contribution >= 0.6 is 23.2 Å². The molecule has 1 saturated carbocycles. The highest BCUT2D eigenvalue weighted by atomic mass is 35.5. The van der Waals surface area contributed by atoms with Gasteiger partial charge in [0.1, 0.15) is 10.4 Å². The van der Waals surface area contributed by atoms with Gasteiger partial charge in [0.25, 0.3) is 5.91 Å². The number of halogens is 2. The summed E-state index contributed by atoms with van der Waals surface area (Å²) in [5, 5.41) is 5.37. The summed E-state index contributed by atoms with van der Waals surface area (Å²) < 4.78 is 28.4. The molecule has 7 nitrogen and oxygen atoms in total. The van der Waals surface area contributed by atoms with Gasteiger partial charge in [-0.05, 0) is 56.7 Å². The SMILES string of the molecule is Cc1cc(Cl)c(C)c(S(=O)(=O)NC2CCC3(CC2)NC(=O)NC3=O)c1Cl. The molecule has 1 aliphatic heterocycles. The number of nitrogens with one attached hydrogen (secondary N) is 3. The number of carbonyl (C=O) groups is 2. The molecule has 0 radical (unpaired) electrons. The Kier molecular flexibility index (Phi) is 4.98. The first-order valence-electron chi connectivity index (χ1n) is 8.17. The summed E-state index contributed by atoms with van der Waals surface area (Å²) in [4.78, 5) is 23.3. The first-order valence-corrected chi connectivity index (χ1v) is 10.4. The number of imide groups is 1. The lowest BCUT2D eigenvalue weighted by Crippen LogP contribution is -2.52. The van der Waals surface area contributed by atoms with Gasteiger partial charge in [-0.25, -0.2) is 17.9 Å². The molecule has 0 atom stereocenters. The zero-order valence-corrected chi connectivity index (χ0v) is 16.6. The molecular weight excluding hydrogens is 401 g/mol. The van der Waals surface area contributed by atoms with Crippen LogP contribution in [0.1, 0.15) is 36.8 Å². The van der Waals surface area contributed by atoms with E-state index in [1.54, 1.807) is 19.9 Å². The maximum absolute atomic E-state index is 12.9. The minimum Gasteiger partial charge on any atom is -0.323 e. The molecule has 3 amide bonds. The molecule has 142 valence electrons. The molecule has 1 aromatic rings. The second-order valence-corrected chi connectivity index (χ2v) is 9.27. The van der Waals surface area contributed by atoms with Crippen molar-refractivity contribution in [1.29, 1.82) is 0 Å². The Bertz CT molecular complexity index is 867. The van der Waals surface area contributed by atoms with Crippen LogP contribution in [0, 0.1) is 13.8 Å². The van der Waals surface area contributed by atoms with Crippen LogP contribution in [0.2, 0.25) is 10.0 Å². The predicted molar refractivity (Wildman–Crippen MR) is 97.9 cm³/mol. The monoisotopic (exact) mass is 419 g/mol. The van der Waals surface area contributed by atoms with E-state index in [4.69, 9.17) is 23.2 Å². The van der Waals surface area contributed by atoms with Gasteiger partial charge in [-0.3, -0.25) is 10.1 Å². The largest absolute Gasteiger partial charge is 0.323 e. The molecule has 3 N–H and O–H groups in total. The topological polar surface area (TPSA) is 104 Å². The van der Waals surface area contributed by atoms with Crippen molar-refractivity contribution in [2.24, 2.45) is 0 Å². The van der Waals surface area contributed by atoms with Gasteiger partial charge < -0.3 is 5.32 Å². The zero-order chi connectivity index (χ0) is 19.3. The lowest BCUT2D eigenvalue weighted by atomic mass is 9.80. The Hall–Kier alpha value is -1.35.